The minimum Gasteiger partial charge on any atom is -0.481 e. The number of amides is 1. The number of anilines is 1. The molecule has 1 amide bonds. The largest absolute Gasteiger partial charge is 0.481 e. The van der Waals surface area contributed by atoms with Gasteiger partial charge in [-0.15, -0.1) is 0 Å². The SMILES string of the molecule is N#Cc1cc(Br)cc(Br)c1OCC(=O)Nc1ccccc1. The monoisotopic (exact) mass is 408 g/mol. The average molecular weight is 410 g/mol. The van der Waals surface area contributed by atoms with Crippen LogP contribution in [0.15, 0.2) is 51.4 Å². The van der Waals surface area contributed by atoms with Gasteiger partial charge >= 0.3 is 0 Å². The molecular weight excluding hydrogens is 400 g/mol. The van der Waals surface area contributed by atoms with Crippen LogP contribution < -0.4 is 10.1 Å². The van der Waals surface area contributed by atoms with Crippen LogP contribution in [-0.2, 0) is 4.79 Å². The van der Waals surface area contributed by atoms with Gasteiger partial charge in [-0.1, -0.05) is 34.1 Å². The Hall–Kier alpha value is -1.84. The van der Waals surface area contributed by atoms with Gasteiger partial charge < -0.3 is 10.1 Å². The van der Waals surface area contributed by atoms with Gasteiger partial charge in [-0.25, -0.2) is 0 Å². The Morgan fingerprint density at radius 1 is 1.24 bits per heavy atom. The van der Waals surface area contributed by atoms with Crippen molar-refractivity contribution >= 4 is 43.5 Å². The van der Waals surface area contributed by atoms with Gasteiger partial charge in [0.2, 0.25) is 0 Å². The molecule has 6 heteroatoms. The van der Waals surface area contributed by atoms with E-state index < -0.39 is 0 Å². The summed E-state index contributed by atoms with van der Waals surface area (Å²) in [7, 11) is 0. The Kier molecular flexibility index (Phi) is 5.37. The number of nitrogens with zero attached hydrogens (tertiary/aromatic N) is 1. The third-order valence-electron chi connectivity index (χ3n) is 2.53. The first-order chi connectivity index (χ1) is 10.1. The van der Waals surface area contributed by atoms with E-state index in [4.69, 9.17) is 10.00 Å². The van der Waals surface area contributed by atoms with E-state index in [1.165, 1.54) is 0 Å². The van der Waals surface area contributed by atoms with Crippen LogP contribution in [0.3, 0.4) is 0 Å². The van der Waals surface area contributed by atoms with Gasteiger partial charge in [0, 0.05) is 10.2 Å². The van der Waals surface area contributed by atoms with Gasteiger partial charge in [-0.2, -0.15) is 5.26 Å². The van der Waals surface area contributed by atoms with Crippen LogP contribution in [0, 0.1) is 11.3 Å². The van der Waals surface area contributed by atoms with Crippen LogP contribution in [0.25, 0.3) is 0 Å². The molecule has 0 radical (unpaired) electrons. The fourth-order valence-corrected chi connectivity index (χ4v) is 2.99. The zero-order valence-electron chi connectivity index (χ0n) is 10.8. The number of para-hydroxylation sites is 1. The van der Waals surface area contributed by atoms with E-state index in [0.29, 0.717) is 21.5 Å². The van der Waals surface area contributed by atoms with Gasteiger partial charge in [0.15, 0.2) is 12.4 Å². The van der Waals surface area contributed by atoms with E-state index in [-0.39, 0.29) is 12.5 Å². The Labute approximate surface area is 139 Å². The number of carbonyl (C=O) groups is 1. The minimum absolute atomic E-state index is 0.177. The number of ether oxygens (including phenoxy) is 1. The predicted molar refractivity (Wildman–Crippen MR) is 87.1 cm³/mol. The Balaban J connectivity index is 2.04. The molecule has 2 rings (SSSR count). The molecule has 0 fully saturated rings. The molecule has 2 aromatic rings. The summed E-state index contributed by atoms with van der Waals surface area (Å²) in [5.74, 6) is 0.0591. The van der Waals surface area contributed by atoms with Crippen molar-refractivity contribution in [2.75, 3.05) is 11.9 Å². The second-order valence-corrected chi connectivity index (χ2v) is 5.85. The molecule has 4 nitrogen and oxygen atoms in total. The molecule has 0 aliphatic carbocycles. The summed E-state index contributed by atoms with van der Waals surface area (Å²) < 4.78 is 6.81. The molecule has 0 aliphatic heterocycles. The highest BCUT2D eigenvalue weighted by atomic mass is 79.9. The molecule has 0 aromatic heterocycles. The van der Waals surface area contributed by atoms with Crippen molar-refractivity contribution in [3.05, 3.63) is 57.0 Å². The smallest absolute Gasteiger partial charge is 0.262 e. The number of benzene rings is 2. The maximum absolute atomic E-state index is 11.8. The summed E-state index contributed by atoms with van der Waals surface area (Å²) >= 11 is 6.61. The Morgan fingerprint density at radius 3 is 2.62 bits per heavy atom. The first-order valence-electron chi connectivity index (χ1n) is 5.97. The van der Waals surface area contributed by atoms with E-state index >= 15 is 0 Å². The van der Waals surface area contributed by atoms with Crippen LogP contribution in [-0.4, -0.2) is 12.5 Å². The highest BCUT2D eigenvalue weighted by Crippen LogP contribution is 2.32. The summed E-state index contributed by atoms with van der Waals surface area (Å²) in [5, 5.41) is 11.8. The third kappa shape index (κ3) is 4.31. The average Bonchev–Trinajstić information content (AvgIpc) is 2.46. The lowest BCUT2D eigenvalue weighted by Crippen LogP contribution is -2.20. The molecule has 0 saturated carbocycles. The van der Waals surface area contributed by atoms with Crippen molar-refractivity contribution in [3.8, 4) is 11.8 Å². The van der Waals surface area contributed by atoms with Crippen LogP contribution in [0.2, 0.25) is 0 Å². The molecule has 0 heterocycles. The number of nitrogens with one attached hydrogen (secondary N) is 1. The molecule has 0 bridgehead atoms. The van der Waals surface area contributed by atoms with Crippen molar-refractivity contribution in [3.63, 3.8) is 0 Å². The zero-order chi connectivity index (χ0) is 15.2. The number of hydrogen-bond acceptors (Lipinski definition) is 3. The maximum Gasteiger partial charge on any atom is 0.262 e. The molecule has 0 unspecified atom stereocenters. The number of halogens is 2. The van der Waals surface area contributed by atoms with Gasteiger partial charge in [0.05, 0.1) is 10.0 Å². The predicted octanol–water partition coefficient (Wildman–Crippen LogP) is 4.10. The van der Waals surface area contributed by atoms with E-state index in [1.807, 2.05) is 24.3 Å². The Bertz CT molecular complexity index is 697. The molecule has 106 valence electrons. The van der Waals surface area contributed by atoms with Crippen molar-refractivity contribution in [2.45, 2.75) is 0 Å². The normalized spacial score (nSPS) is 9.76. The Morgan fingerprint density at radius 2 is 1.95 bits per heavy atom. The third-order valence-corrected chi connectivity index (χ3v) is 3.58. The highest BCUT2D eigenvalue weighted by Gasteiger charge is 2.12. The second-order valence-electron chi connectivity index (χ2n) is 4.08. The molecule has 0 atom stereocenters. The van der Waals surface area contributed by atoms with Crippen molar-refractivity contribution in [1.82, 2.24) is 0 Å². The van der Waals surface area contributed by atoms with Crippen LogP contribution in [0.1, 0.15) is 5.56 Å². The fourth-order valence-electron chi connectivity index (χ4n) is 1.65. The molecular formula is C15H10Br2N2O2. The lowest BCUT2D eigenvalue weighted by molar-refractivity contribution is -0.118. The summed E-state index contributed by atoms with van der Waals surface area (Å²) in [5.41, 5.74) is 1.05. The number of carbonyl (C=O) groups excluding carboxylic acids is 1. The van der Waals surface area contributed by atoms with Crippen molar-refractivity contribution in [1.29, 1.82) is 5.26 Å². The molecule has 0 aliphatic rings. The quantitative estimate of drug-likeness (QED) is 0.826. The second kappa shape index (κ2) is 7.25. The summed E-state index contributed by atoms with van der Waals surface area (Å²) in [4.78, 5) is 11.8. The molecule has 1 N–H and O–H groups in total. The van der Waals surface area contributed by atoms with Crippen molar-refractivity contribution in [2.24, 2.45) is 0 Å². The molecule has 0 spiro atoms. The maximum atomic E-state index is 11.8. The summed E-state index contributed by atoms with van der Waals surface area (Å²) in [6.07, 6.45) is 0. The lowest BCUT2D eigenvalue weighted by atomic mass is 10.2. The van der Waals surface area contributed by atoms with E-state index in [2.05, 4.69) is 37.2 Å². The minimum atomic E-state index is -0.292. The number of hydrogen-bond donors (Lipinski definition) is 1. The zero-order valence-corrected chi connectivity index (χ0v) is 13.9. The van der Waals surface area contributed by atoms with Crippen molar-refractivity contribution < 1.29 is 9.53 Å². The topological polar surface area (TPSA) is 62.1 Å². The van der Waals surface area contributed by atoms with E-state index in [1.54, 1.807) is 24.3 Å². The van der Waals surface area contributed by atoms with Gasteiger partial charge in [-0.3, -0.25) is 4.79 Å². The lowest BCUT2D eigenvalue weighted by Gasteiger charge is -2.10. The molecule has 0 saturated heterocycles. The summed E-state index contributed by atoms with van der Waals surface area (Å²) in [6, 6.07) is 14.5. The van der Waals surface area contributed by atoms with Crippen LogP contribution in [0.4, 0.5) is 5.69 Å². The van der Waals surface area contributed by atoms with Crippen LogP contribution in [0.5, 0.6) is 5.75 Å². The standard InChI is InChI=1S/C15H10Br2N2O2/c16-11-6-10(8-18)15(13(17)7-11)21-9-14(20)19-12-4-2-1-3-5-12/h1-7H,9H2,(H,19,20). The van der Waals surface area contributed by atoms with Gasteiger partial charge in [-0.05, 0) is 40.2 Å². The van der Waals surface area contributed by atoms with Gasteiger partial charge in [0.1, 0.15) is 6.07 Å². The van der Waals surface area contributed by atoms with Gasteiger partial charge in [0.25, 0.3) is 5.91 Å². The number of rotatable bonds is 4. The van der Waals surface area contributed by atoms with Crippen LogP contribution >= 0.6 is 31.9 Å². The summed E-state index contributed by atoms with van der Waals surface area (Å²) in [6.45, 7) is -0.177. The fraction of sp³-hybridized carbons (Fsp3) is 0.0667. The van der Waals surface area contributed by atoms with E-state index in [0.717, 1.165) is 4.47 Å². The van der Waals surface area contributed by atoms with E-state index in [9.17, 15) is 4.79 Å². The molecule has 21 heavy (non-hydrogen) atoms. The first-order valence-corrected chi connectivity index (χ1v) is 7.55. The number of nitriles is 1. The first kappa shape index (κ1) is 15.5. The molecule has 2 aromatic carbocycles. The highest BCUT2D eigenvalue weighted by molar-refractivity contribution is 9.11.